The summed E-state index contributed by atoms with van der Waals surface area (Å²) in [7, 11) is 0. The number of rotatable bonds is 1. The third-order valence-electron chi connectivity index (χ3n) is 1.58. The lowest BCUT2D eigenvalue weighted by Gasteiger charge is -1.94. The number of pyridine rings is 1. The van der Waals surface area contributed by atoms with Crippen molar-refractivity contribution in [3.8, 4) is 0 Å². The number of amides is 1. The second-order valence-electron chi connectivity index (χ2n) is 2.39. The van der Waals surface area contributed by atoms with Gasteiger partial charge < -0.3 is 5.73 Å². The van der Waals surface area contributed by atoms with E-state index in [9.17, 15) is 4.79 Å². The van der Waals surface area contributed by atoms with Crippen LogP contribution in [0.15, 0.2) is 24.5 Å². The van der Waals surface area contributed by atoms with Gasteiger partial charge in [0.05, 0.1) is 17.3 Å². The zero-order chi connectivity index (χ0) is 8.55. The second kappa shape index (κ2) is 2.30. The molecule has 2 N–H and O–H groups in total. The van der Waals surface area contributed by atoms with Crippen molar-refractivity contribution in [1.82, 2.24) is 14.8 Å². The van der Waals surface area contributed by atoms with Crippen molar-refractivity contribution >= 4 is 11.4 Å². The van der Waals surface area contributed by atoms with Crippen LogP contribution in [-0.2, 0) is 0 Å². The zero-order valence-corrected chi connectivity index (χ0v) is 6.14. The molecule has 2 rings (SSSR count). The van der Waals surface area contributed by atoms with E-state index in [0.29, 0.717) is 5.56 Å². The zero-order valence-electron chi connectivity index (χ0n) is 6.14. The summed E-state index contributed by atoms with van der Waals surface area (Å²) in [6.07, 6.45) is 3.15. The largest absolute Gasteiger partial charge is 0.366 e. The van der Waals surface area contributed by atoms with E-state index in [1.807, 2.05) is 0 Å². The van der Waals surface area contributed by atoms with E-state index in [2.05, 4.69) is 10.3 Å². The Balaban J connectivity index is 2.68. The molecule has 0 spiro atoms. The number of aromatic nitrogens is 3. The van der Waals surface area contributed by atoms with Gasteiger partial charge in [-0.15, -0.1) is 5.10 Å². The molecule has 0 atom stereocenters. The average Bonchev–Trinajstić information content (AvgIpc) is 2.49. The molecule has 2 aromatic rings. The molecule has 0 aromatic carbocycles. The van der Waals surface area contributed by atoms with Crippen molar-refractivity contribution < 1.29 is 4.79 Å². The first-order valence-corrected chi connectivity index (χ1v) is 3.37. The maximum atomic E-state index is 10.7. The quantitative estimate of drug-likeness (QED) is 0.632. The van der Waals surface area contributed by atoms with Gasteiger partial charge in [-0.2, -0.15) is 0 Å². The fraction of sp³-hybridized carbons (Fsp3) is 0. The van der Waals surface area contributed by atoms with Crippen molar-refractivity contribution in [3.63, 3.8) is 0 Å². The third-order valence-corrected chi connectivity index (χ3v) is 1.58. The molecule has 2 aromatic heterocycles. The Hall–Kier alpha value is -1.91. The molecular formula is C7H6N4O. The highest BCUT2D eigenvalue weighted by Crippen LogP contribution is 2.02. The normalized spacial score (nSPS) is 10.3. The molecule has 0 aliphatic heterocycles. The number of hydrogen-bond donors (Lipinski definition) is 1. The van der Waals surface area contributed by atoms with Gasteiger partial charge in [0.2, 0.25) is 5.91 Å². The molecule has 0 radical (unpaired) electrons. The van der Waals surface area contributed by atoms with E-state index in [1.54, 1.807) is 24.5 Å². The Morgan fingerprint density at radius 1 is 1.50 bits per heavy atom. The number of nitrogens with two attached hydrogens (primary N) is 1. The number of primary amides is 1. The lowest BCUT2D eigenvalue weighted by molar-refractivity contribution is 0.1000. The minimum Gasteiger partial charge on any atom is -0.366 e. The van der Waals surface area contributed by atoms with Crippen molar-refractivity contribution in [2.75, 3.05) is 0 Å². The maximum Gasteiger partial charge on any atom is 0.250 e. The van der Waals surface area contributed by atoms with E-state index in [-0.39, 0.29) is 0 Å². The lowest BCUT2D eigenvalue weighted by Crippen LogP contribution is -2.11. The third kappa shape index (κ3) is 0.914. The Bertz CT molecular complexity index is 434. The summed E-state index contributed by atoms with van der Waals surface area (Å²) in [6.45, 7) is 0. The van der Waals surface area contributed by atoms with Crippen LogP contribution >= 0.6 is 0 Å². The van der Waals surface area contributed by atoms with Gasteiger partial charge in [0.25, 0.3) is 0 Å². The first-order valence-electron chi connectivity index (χ1n) is 3.37. The van der Waals surface area contributed by atoms with E-state index >= 15 is 0 Å². The molecular weight excluding hydrogens is 156 g/mol. The smallest absolute Gasteiger partial charge is 0.250 e. The molecule has 1 amide bonds. The molecule has 5 nitrogen and oxygen atoms in total. The fourth-order valence-corrected chi connectivity index (χ4v) is 0.967. The molecule has 0 saturated heterocycles. The minimum atomic E-state index is -0.465. The van der Waals surface area contributed by atoms with Crippen LogP contribution in [0.2, 0.25) is 0 Å². The lowest BCUT2D eigenvalue weighted by atomic mass is 10.2. The Labute approximate surface area is 67.8 Å². The maximum absolute atomic E-state index is 10.7. The van der Waals surface area contributed by atoms with Crippen LogP contribution in [0.3, 0.4) is 0 Å². The van der Waals surface area contributed by atoms with E-state index in [1.165, 1.54) is 4.52 Å². The van der Waals surface area contributed by atoms with Crippen LogP contribution in [0.5, 0.6) is 0 Å². The summed E-state index contributed by atoms with van der Waals surface area (Å²) in [5, 5.41) is 7.38. The molecule has 0 aliphatic carbocycles. The van der Waals surface area contributed by atoms with Gasteiger partial charge in [-0.1, -0.05) is 5.21 Å². The van der Waals surface area contributed by atoms with Crippen molar-refractivity contribution in [2.45, 2.75) is 0 Å². The van der Waals surface area contributed by atoms with Gasteiger partial charge in [-0.05, 0) is 12.1 Å². The number of nitrogens with zero attached hydrogens (tertiary/aromatic N) is 3. The second-order valence-corrected chi connectivity index (χ2v) is 2.39. The van der Waals surface area contributed by atoms with Gasteiger partial charge in [-0.3, -0.25) is 4.79 Å². The van der Waals surface area contributed by atoms with Gasteiger partial charge in [0, 0.05) is 6.20 Å². The first kappa shape index (κ1) is 6.78. The molecule has 0 unspecified atom stereocenters. The summed E-state index contributed by atoms with van der Waals surface area (Å²) in [4.78, 5) is 10.7. The molecule has 0 saturated carbocycles. The average molecular weight is 162 g/mol. The summed E-state index contributed by atoms with van der Waals surface area (Å²) in [5.74, 6) is -0.465. The Kier molecular flexibility index (Phi) is 1.30. The van der Waals surface area contributed by atoms with E-state index in [4.69, 9.17) is 5.73 Å². The molecule has 2 heterocycles. The minimum absolute atomic E-state index is 0.424. The van der Waals surface area contributed by atoms with Crippen LogP contribution in [0, 0.1) is 0 Å². The van der Waals surface area contributed by atoms with Gasteiger partial charge in [0.15, 0.2) is 0 Å². The number of hydrogen-bond acceptors (Lipinski definition) is 3. The molecule has 60 valence electrons. The first-order chi connectivity index (χ1) is 5.77. The Morgan fingerprint density at radius 2 is 2.33 bits per heavy atom. The summed E-state index contributed by atoms with van der Waals surface area (Å²) >= 11 is 0. The highest BCUT2D eigenvalue weighted by Gasteiger charge is 2.01. The molecule has 12 heavy (non-hydrogen) atoms. The predicted octanol–water partition coefficient (Wildman–Crippen LogP) is -0.172. The van der Waals surface area contributed by atoms with Crippen LogP contribution in [0.25, 0.3) is 5.52 Å². The highest BCUT2D eigenvalue weighted by molar-refractivity contribution is 5.92. The van der Waals surface area contributed by atoms with Crippen LogP contribution < -0.4 is 5.73 Å². The molecule has 5 heteroatoms. The Morgan fingerprint density at radius 3 is 3.08 bits per heavy atom. The summed E-state index contributed by atoms with van der Waals surface area (Å²) < 4.78 is 1.50. The highest BCUT2D eigenvalue weighted by atomic mass is 16.1. The molecule has 0 aliphatic rings. The fourth-order valence-electron chi connectivity index (χ4n) is 0.967. The van der Waals surface area contributed by atoms with Crippen molar-refractivity contribution in [1.29, 1.82) is 0 Å². The van der Waals surface area contributed by atoms with Crippen molar-refractivity contribution in [3.05, 3.63) is 30.1 Å². The van der Waals surface area contributed by atoms with Gasteiger partial charge in [0.1, 0.15) is 0 Å². The van der Waals surface area contributed by atoms with Crippen molar-refractivity contribution in [2.24, 2.45) is 5.73 Å². The molecule has 0 bridgehead atoms. The van der Waals surface area contributed by atoms with Crippen LogP contribution in [0.1, 0.15) is 10.4 Å². The SMILES string of the molecule is NC(=O)c1ccc2cnnn2c1. The molecule has 0 fully saturated rings. The van der Waals surface area contributed by atoms with Crippen LogP contribution in [-0.4, -0.2) is 20.7 Å². The number of fused-ring (bicyclic) bond motifs is 1. The van der Waals surface area contributed by atoms with Gasteiger partial charge in [-0.25, -0.2) is 4.52 Å². The summed E-state index contributed by atoms with van der Waals surface area (Å²) in [5.41, 5.74) is 6.33. The number of carbonyl (C=O) groups is 1. The standard InChI is InChI=1S/C7H6N4O/c8-7(12)5-1-2-6-3-9-10-11(6)4-5/h1-4H,(H2,8,12). The topological polar surface area (TPSA) is 73.3 Å². The van der Waals surface area contributed by atoms with Gasteiger partial charge >= 0.3 is 0 Å². The van der Waals surface area contributed by atoms with Crippen LogP contribution in [0.4, 0.5) is 0 Å². The van der Waals surface area contributed by atoms with E-state index in [0.717, 1.165) is 5.52 Å². The monoisotopic (exact) mass is 162 g/mol. The number of carbonyl (C=O) groups excluding carboxylic acids is 1. The van der Waals surface area contributed by atoms with E-state index < -0.39 is 5.91 Å². The predicted molar refractivity (Wildman–Crippen MR) is 41.5 cm³/mol. The summed E-state index contributed by atoms with van der Waals surface area (Å²) in [6, 6.07) is 3.38.